The molecule has 1 heterocycles. The van der Waals surface area contributed by atoms with Gasteiger partial charge < -0.3 is 10.1 Å². The van der Waals surface area contributed by atoms with Gasteiger partial charge in [-0.3, -0.25) is 0 Å². The number of hydrogen-bond acceptors (Lipinski definition) is 3. The lowest BCUT2D eigenvalue weighted by Crippen LogP contribution is -2.18. The van der Waals surface area contributed by atoms with Gasteiger partial charge in [0.25, 0.3) is 0 Å². The number of rotatable bonds is 8. The molecule has 0 aliphatic carbocycles. The Bertz CT molecular complexity index is 533. The third-order valence-corrected chi connectivity index (χ3v) is 4.39. The van der Waals surface area contributed by atoms with Crippen LogP contribution in [0.4, 0.5) is 0 Å². The summed E-state index contributed by atoms with van der Waals surface area (Å²) in [5, 5.41) is 3.49. The number of benzene rings is 1. The maximum atomic E-state index is 5.83. The molecule has 0 fully saturated rings. The number of aryl methyl sites for hydroxylation is 1. The van der Waals surface area contributed by atoms with Gasteiger partial charge in [-0.05, 0) is 36.6 Å². The average molecular weight is 303 g/mol. The molecule has 0 spiro atoms. The molecule has 2 rings (SSSR count). The Hall–Kier alpha value is -1.16. The van der Waals surface area contributed by atoms with Crippen LogP contribution in [0, 0.1) is 12.8 Å². The van der Waals surface area contributed by atoms with E-state index in [4.69, 9.17) is 4.74 Å². The summed E-state index contributed by atoms with van der Waals surface area (Å²) in [6.07, 6.45) is 0. The fourth-order valence-corrected chi connectivity index (χ4v) is 3.17. The average Bonchev–Trinajstić information content (AvgIpc) is 2.80. The molecule has 3 heteroatoms. The van der Waals surface area contributed by atoms with Crippen LogP contribution in [0.3, 0.4) is 0 Å². The van der Waals surface area contributed by atoms with Gasteiger partial charge in [0.2, 0.25) is 0 Å². The molecule has 21 heavy (non-hydrogen) atoms. The Balaban J connectivity index is 1.79. The zero-order valence-electron chi connectivity index (χ0n) is 13.2. The van der Waals surface area contributed by atoms with Crippen LogP contribution < -0.4 is 5.32 Å². The van der Waals surface area contributed by atoms with Crippen LogP contribution in [0.2, 0.25) is 0 Å². The monoisotopic (exact) mass is 303 g/mol. The van der Waals surface area contributed by atoms with Crippen molar-refractivity contribution < 1.29 is 4.74 Å². The zero-order valence-corrected chi connectivity index (χ0v) is 14.0. The molecule has 0 saturated carbocycles. The molecule has 0 atom stereocenters. The van der Waals surface area contributed by atoms with Crippen LogP contribution in [0.15, 0.2) is 36.4 Å². The molecule has 1 aromatic carbocycles. The molecule has 0 bridgehead atoms. The van der Waals surface area contributed by atoms with E-state index in [0.29, 0.717) is 19.1 Å². The van der Waals surface area contributed by atoms with Crippen LogP contribution in [0.1, 0.15) is 34.7 Å². The van der Waals surface area contributed by atoms with E-state index in [2.05, 4.69) is 44.3 Å². The second-order valence-corrected chi connectivity index (χ2v) is 7.14. The van der Waals surface area contributed by atoms with Crippen LogP contribution in [0.25, 0.3) is 0 Å². The molecule has 2 nitrogen and oxygen atoms in total. The molecule has 1 N–H and O–H groups in total. The quantitative estimate of drug-likeness (QED) is 0.774. The Labute approximate surface area is 132 Å². The van der Waals surface area contributed by atoms with Crippen molar-refractivity contribution in [1.29, 1.82) is 0 Å². The molecule has 0 radical (unpaired) electrons. The van der Waals surface area contributed by atoms with Gasteiger partial charge >= 0.3 is 0 Å². The van der Waals surface area contributed by atoms with Crippen LogP contribution >= 0.6 is 11.3 Å². The molecule has 2 aromatic rings. The van der Waals surface area contributed by atoms with Crippen molar-refractivity contribution in [1.82, 2.24) is 5.32 Å². The fourth-order valence-electron chi connectivity index (χ4n) is 2.16. The summed E-state index contributed by atoms with van der Waals surface area (Å²) in [7, 11) is 0. The van der Waals surface area contributed by atoms with E-state index in [0.717, 1.165) is 13.1 Å². The summed E-state index contributed by atoms with van der Waals surface area (Å²) >= 11 is 1.87. The molecule has 1 aromatic heterocycles. The topological polar surface area (TPSA) is 21.3 Å². The van der Waals surface area contributed by atoms with E-state index in [1.54, 1.807) is 0 Å². The second kappa shape index (κ2) is 8.32. The third-order valence-electron chi connectivity index (χ3n) is 3.29. The predicted molar refractivity (Wildman–Crippen MR) is 90.5 cm³/mol. The van der Waals surface area contributed by atoms with Crippen molar-refractivity contribution in [3.05, 3.63) is 57.3 Å². The van der Waals surface area contributed by atoms with Crippen molar-refractivity contribution in [3.8, 4) is 0 Å². The number of nitrogens with one attached hydrogen (secondary N) is 1. The lowest BCUT2D eigenvalue weighted by atomic mass is 10.2. The Morgan fingerprint density at radius 3 is 2.62 bits per heavy atom. The molecular formula is C18H25NOS. The summed E-state index contributed by atoms with van der Waals surface area (Å²) in [5.41, 5.74) is 2.54. The highest BCUT2D eigenvalue weighted by Crippen LogP contribution is 2.22. The molecule has 0 amide bonds. The van der Waals surface area contributed by atoms with E-state index < -0.39 is 0 Å². The van der Waals surface area contributed by atoms with Crippen molar-refractivity contribution in [2.45, 2.75) is 40.5 Å². The summed E-state index contributed by atoms with van der Waals surface area (Å²) in [4.78, 5) is 2.76. The van der Waals surface area contributed by atoms with Gasteiger partial charge in [-0.15, -0.1) is 11.3 Å². The van der Waals surface area contributed by atoms with Gasteiger partial charge in [0, 0.05) is 16.3 Å². The summed E-state index contributed by atoms with van der Waals surface area (Å²) in [6.45, 7) is 10.0. The minimum absolute atomic E-state index is 0.678. The number of thiophene rings is 1. The van der Waals surface area contributed by atoms with E-state index >= 15 is 0 Å². The fraction of sp³-hybridized carbons (Fsp3) is 0.444. The Morgan fingerprint density at radius 2 is 1.90 bits per heavy atom. The highest BCUT2D eigenvalue weighted by atomic mass is 32.1. The van der Waals surface area contributed by atoms with Gasteiger partial charge in [-0.25, -0.2) is 0 Å². The van der Waals surface area contributed by atoms with E-state index in [1.165, 1.54) is 20.9 Å². The minimum Gasteiger partial charge on any atom is -0.372 e. The second-order valence-electron chi connectivity index (χ2n) is 5.80. The SMILES string of the molecule is Cc1sc(CNCC(C)C)cc1COCc1ccccc1. The van der Waals surface area contributed by atoms with Crippen molar-refractivity contribution in [2.75, 3.05) is 6.54 Å². The van der Waals surface area contributed by atoms with Crippen LogP contribution in [0.5, 0.6) is 0 Å². The van der Waals surface area contributed by atoms with E-state index in [1.807, 2.05) is 29.5 Å². The first-order chi connectivity index (χ1) is 10.1. The normalized spacial score (nSPS) is 11.2. The Kier molecular flexibility index (Phi) is 6.43. The summed E-state index contributed by atoms with van der Waals surface area (Å²) < 4.78 is 5.83. The largest absolute Gasteiger partial charge is 0.372 e. The van der Waals surface area contributed by atoms with Crippen molar-refractivity contribution >= 4 is 11.3 Å². The molecule has 114 valence electrons. The predicted octanol–water partition coefficient (Wildman–Crippen LogP) is 4.52. The molecule has 0 aliphatic rings. The van der Waals surface area contributed by atoms with Crippen LogP contribution in [-0.4, -0.2) is 6.54 Å². The summed E-state index contributed by atoms with van der Waals surface area (Å²) in [6, 6.07) is 12.6. The van der Waals surface area contributed by atoms with E-state index in [-0.39, 0.29) is 0 Å². The van der Waals surface area contributed by atoms with Gasteiger partial charge in [-0.1, -0.05) is 44.2 Å². The maximum Gasteiger partial charge on any atom is 0.0732 e. The summed E-state index contributed by atoms with van der Waals surface area (Å²) in [5.74, 6) is 0.694. The van der Waals surface area contributed by atoms with Gasteiger partial charge in [0.05, 0.1) is 13.2 Å². The van der Waals surface area contributed by atoms with Gasteiger partial charge in [0.15, 0.2) is 0 Å². The first kappa shape index (κ1) is 16.2. The molecule has 0 unspecified atom stereocenters. The standard InChI is InChI=1S/C18H25NOS/c1-14(2)10-19-11-18-9-17(15(3)21-18)13-20-12-16-7-5-4-6-8-16/h4-9,14,19H,10-13H2,1-3H3. The van der Waals surface area contributed by atoms with Gasteiger partial charge in [-0.2, -0.15) is 0 Å². The minimum atomic E-state index is 0.678. The number of ether oxygens (including phenoxy) is 1. The number of hydrogen-bond donors (Lipinski definition) is 1. The highest BCUT2D eigenvalue weighted by Gasteiger charge is 2.06. The van der Waals surface area contributed by atoms with Crippen molar-refractivity contribution in [2.24, 2.45) is 5.92 Å². The lowest BCUT2D eigenvalue weighted by Gasteiger charge is -2.05. The first-order valence-electron chi connectivity index (χ1n) is 7.55. The molecule has 0 aliphatic heterocycles. The van der Waals surface area contributed by atoms with E-state index in [9.17, 15) is 0 Å². The zero-order chi connectivity index (χ0) is 15.1. The first-order valence-corrected chi connectivity index (χ1v) is 8.37. The van der Waals surface area contributed by atoms with Crippen molar-refractivity contribution in [3.63, 3.8) is 0 Å². The smallest absolute Gasteiger partial charge is 0.0732 e. The van der Waals surface area contributed by atoms with Gasteiger partial charge in [0.1, 0.15) is 0 Å². The third kappa shape index (κ3) is 5.62. The molecular weight excluding hydrogens is 278 g/mol. The van der Waals surface area contributed by atoms with Crippen LogP contribution in [-0.2, 0) is 24.5 Å². The Morgan fingerprint density at radius 1 is 1.14 bits per heavy atom. The maximum absolute atomic E-state index is 5.83. The molecule has 0 saturated heterocycles. The lowest BCUT2D eigenvalue weighted by molar-refractivity contribution is 0.107. The highest BCUT2D eigenvalue weighted by molar-refractivity contribution is 7.12.